The van der Waals surface area contributed by atoms with Gasteiger partial charge in [-0.2, -0.15) is 5.10 Å². The summed E-state index contributed by atoms with van der Waals surface area (Å²) >= 11 is 1.59. The molecule has 0 aliphatic heterocycles. The molecule has 1 N–H and O–H groups in total. The van der Waals surface area contributed by atoms with Crippen LogP contribution in [0.15, 0.2) is 55.4 Å². The Morgan fingerprint density at radius 1 is 1.12 bits per heavy atom. The maximum Gasteiger partial charge on any atom is 0.180 e. The third-order valence-electron chi connectivity index (χ3n) is 3.96. The zero-order valence-electron chi connectivity index (χ0n) is 13.3. The van der Waals surface area contributed by atoms with Gasteiger partial charge in [0.1, 0.15) is 4.83 Å². The third kappa shape index (κ3) is 2.34. The average Bonchev–Trinajstić information content (AvgIpc) is 3.32. The highest BCUT2D eigenvalue weighted by molar-refractivity contribution is 7.22. The lowest BCUT2D eigenvalue weighted by Crippen LogP contribution is -1.97. The molecule has 5 aromatic heterocycles. The van der Waals surface area contributed by atoms with Crippen LogP contribution in [0.3, 0.4) is 0 Å². The Bertz CT molecular complexity index is 1170. The van der Waals surface area contributed by atoms with Crippen molar-refractivity contribution < 1.29 is 0 Å². The maximum atomic E-state index is 4.54. The minimum absolute atomic E-state index is 0.712. The highest BCUT2D eigenvalue weighted by atomic mass is 32.1. The van der Waals surface area contributed by atoms with Gasteiger partial charge in [0.25, 0.3) is 0 Å². The van der Waals surface area contributed by atoms with E-state index in [4.69, 9.17) is 0 Å². The smallest absolute Gasteiger partial charge is 0.180 e. The lowest BCUT2D eigenvalue weighted by molar-refractivity contribution is 0.768. The molecule has 5 rings (SSSR count). The monoisotopic (exact) mass is 347 g/mol. The molecular formula is C17H13N7S. The highest BCUT2D eigenvalue weighted by Gasteiger charge is 2.12. The Hall–Kier alpha value is -3.26. The number of hydrogen-bond donors (Lipinski definition) is 1. The van der Waals surface area contributed by atoms with Crippen LogP contribution in [0.25, 0.3) is 27.1 Å². The first-order valence-corrected chi connectivity index (χ1v) is 8.52. The summed E-state index contributed by atoms with van der Waals surface area (Å²) in [5.74, 6) is 0.712. The topological polar surface area (TPSA) is 72.9 Å². The molecule has 0 radical (unpaired) electrons. The van der Waals surface area contributed by atoms with Crippen molar-refractivity contribution in [2.24, 2.45) is 7.05 Å². The fraction of sp³-hybridized carbons (Fsp3) is 0.0588. The fourth-order valence-corrected chi connectivity index (χ4v) is 3.73. The van der Waals surface area contributed by atoms with Crippen LogP contribution in [0.5, 0.6) is 0 Å². The van der Waals surface area contributed by atoms with E-state index in [1.165, 1.54) is 0 Å². The van der Waals surface area contributed by atoms with Crippen molar-refractivity contribution in [3.05, 3.63) is 55.4 Å². The maximum absolute atomic E-state index is 4.54. The van der Waals surface area contributed by atoms with E-state index in [9.17, 15) is 0 Å². The van der Waals surface area contributed by atoms with Crippen LogP contribution < -0.4 is 5.32 Å². The number of nitrogens with one attached hydrogen (secondary N) is 1. The predicted octanol–water partition coefficient (Wildman–Crippen LogP) is 3.48. The predicted molar refractivity (Wildman–Crippen MR) is 98.1 cm³/mol. The van der Waals surface area contributed by atoms with Gasteiger partial charge in [0.05, 0.1) is 23.1 Å². The number of rotatable bonds is 3. The van der Waals surface area contributed by atoms with E-state index in [0.29, 0.717) is 5.82 Å². The lowest BCUT2D eigenvalue weighted by atomic mass is 10.3. The molecule has 0 atom stereocenters. The number of imidazole rings is 1. The molecule has 0 unspecified atom stereocenters. The summed E-state index contributed by atoms with van der Waals surface area (Å²) in [5, 5.41) is 9.70. The Balaban J connectivity index is 1.58. The number of aromatic nitrogens is 6. The number of aryl methyl sites for hydroxylation is 1. The van der Waals surface area contributed by atoms with Gasteiger partial charge in [-0.25, -0.2) is 15.0 Å². The van der Waals surface area contributed by atoms with Gasteiger partial charge in [-0.15, -0.1) is 0 Å². The molecule has 0 fully saturated rings. The van der Waals surface area contributed by atoms with E-state index >= 15 is 0 Å². The number of nitrogens with zero attached hydrogens (tertiary/aromatic N) is 6. The first-order valence-electron chi connectivity index (χ1n) is 7.70. The molecule has 5 heterocycles. The van der Waals surface area contributed by atoms with E-state index in [1.807, 2.05) is 48.4 Å². The summed E-state index contributed by atoms with van der Waals surface area (Å²) < 4.78 is 3.79. The van der Waals surface area contributed by atoms with Gasteiger partial charge in [0.2, 0.25) is 0 Å². The van der Waals surface area contributed by atoms with Crippen LogP contribution in [-0.2, 0) is 7.05 Å². The third-order valence-corrected chi connectivity index (χ3v) is 4.94. The Labute approximate surface area is 146 Å². The Kier molecular flexibility index (Phi) is 3.04. The molecule has 0 bridgehead atoms. The summed E-state index contributed by atoms with van der Waals surface area (Å²) in [4.78, 5) is 14.4. The van der Waals surface area contributed by atoms with Crippen molar-refractivity contribution in [2.75, 3.05) is 5.32 Å². The molecular weight excluding hydrogens is 334 g/mol. The first-order chi connectivity index (χ1) is 12.3. The SMILES string of the molecule is Cn1cc(-c2cnc3c(Nc4cc5cccnc5s4)nccn23)cn1. The van der Waals surface area contributed by atoms with Crippen molar-refractivity contribution in [1.82, 2.24) is 29.1 Å². The van der Waals surface area contributed by atoms with E-state index in [2.05, 4.69) is 31.4 Å². The van der Waals surface area contributed by atoms with Crippen molar-refractivity contribution in [2.45, 2.75) is 0 Å². The summed E-state index contributed by atoms with van der Waals surface area (Å²) in [6.07, 6.45) is 11.1. The molecule has 0 aliphatic carbocycles. The van der Waals surface area contributed by atoms with Crippen LogP contribution in [0.2, 0.25) is 0 Å². The van der Waals surface area contributed by atoms with Gasteiger partial charge in [-0.1, -0.05) is 17.4 Å². The van der Waals surface area contributed by atoms with E-state index in [0.717, 1.165) is 32.1 Å². The molecule has 0 saturated carbocycles. The number of thiophene rings is 1. The number of anilines is 2. The van der Waals surface area contributed by atoms with E-state index in [1.54, 1.807) is 28.4 Å². The largest absolute Gasteiger partial charge is 0.329 e. The Morgan fingerprint density at radius 2 is 2.08 bits per heavy atom. The quantitative estimate of drug-likeness (QED) is 0.541. The second-order valence-corrected chi connectivity index (χ2v) is 6.68. The van der Waals surface area contributed by atoms with Gasteiger partial charge in [-0.05, 0) is 12.1 Å². The molecule has 7 nitrogen and oxygen atoms in total. The van der Waals surface area contributed by atoms with Gasteiger partial charge in [0, 0.05) is 42.8 Å². The zero-order chi connectivity index (χ0) is 16.8. The van der Waals surface area contributed by atoms with Crippen molar-refractivity contribution >= 4 is 38.0 Å². The molecule has 0 aliphatic rings. The van der Waals surface area contributed by atoms with Crippen LogP contribution in [0.1, 0.15) is 0 Å². The summed E-state index contributed by atoms with van der Waals surface area (Å²) in [7, 11) is 1.90. The van der Waals surface area contributed by atoms with Crippen LogP contribution in [0, 0.1) is 0 Å². The molecule has 0 aromatic carbocycles. The summed E-state index contributed by atoms with van der Waals surface area (Å²) in [5.41, 5.74) is 2.76. The van der Waals surface area contributed by atoms with E-state index < -0.39 is 0 Å². The minimum atomic E-state index is 0.712. The van der Waals surface area contributed by atoms with Crippen molar-refractivity contribution in [1.29, 1.82) is 0 Å². The molecule has 122 valence electrons. The summed E-state index contributed by atoms with van der Waals surface area (Å²) in [6.45, 7) is 0. The zero-order valence-corrected chi connectivity index (χ0v) is 14.1. The average molecular weight is 347 g/mol. The molecule has 5 aromatic rings. The standard InChI is InChI=1S/C17H13N7S/c1-23-10-12(8-21-23)13-9-20-16-15(18-5-6-24(13)16)22-14-7-11-3-2-4-19-17(11)25-14/h2-10H,1H3,(H,18,22). The molecule has 0 saturated heterocycles. The second-order valence-electron chi connectivity index (χ2n) is 5.65. The first kappa shape index (κ1) is 14.1. The molecule has 0 amide bonds. The Morgan fingerprint density at radius 3 is 2.92 bits per heavy atom. The van der Waals surface area contributed by atoms with Crippen LogP contribution in [-0.4, -0.2) is 29.1 Å². The van der Waals surface area contributed by atoms with Gasteiger partial charge < -0.3 is 5.32 Å². The molecule has 8 heteroatoms. The van der Waals surface area contributed by atoms with E-state index in [-0.39, 0.29) is 0 Å². The number of hydrogen-bond acceptors (Lipinski definition) is 6. The molecule has 0 spiro atoms. The highest BCUT2D eigenvalue weighted by Crippen LogP contribution is 2.31. The van der Waals surface area contributed by atoms with Gasteiger partial charge in [0.15, 0.2) is 11.5 Å². The van der Waals surface area contributed by atoms with Crippen LogP contribution >= 0.6 is 11.3 Å². The van der Waals surface area contributed by atoms with Gasteiger partial charge in [-0.3, -0.25) is 9.08 Å². The van der Waals surface area contributed by atoms with Crippen LogP contribution in [0.4, 0.5) is 10.8 Å². The minimum Gasteiger partial charge on any atom is -0.329 e. The normalized spacial score (nSPS) is 11.4. The van der Waals surface area contributed by atoms with Gasteiger partial charge >= 0.3 is 0 Å². The number of pyridine rings is 1. The van der Waals surface area contributed by atoms with Crippen molar-refractivity contribution in [3.8, 4) is 11.3 Å². The van der Waals surface area contributed by atoms with Crippen molar-refractivity contribution in [3.63, 3.8) is 0 Å². The lowest BCUT2D eigenvalue weighted by Gasteiger charge is -2.05. The molecule has 25 heavy (non-hydrogen) atoms. The second kappa shape index (κ2) is 5.38. The summed E-state index contributed by atoms with van der Waals surface area (Å²) in [6, 6.07) is 6.06. The fourth-order valence-electron chi connectivity index (χ4n) is 2.83. The number of fused-ring (bicyclic) bond motifs is 2.